The van der Waals surface area contributed by atoms with E-state index in [0.29, 0.717) is 0 Å². The molecule has 2 unspecified atom stereocenters. The number of rotatable bonds is 3. The molecule has 0 saturated carbocycles. The highest BCUT2D eigenvalue weighted by atomic mass is 19.1. The number of carboxylic acid groups (broad SMARTS) is 1. The SMILES string of the molecule is CC1(C(=O)O)COCC1NC(=O)c1ccc(F)cn1. The molecular weight excluding hydrogens is 255 g/mol. The lowest BCUT2D eigenvalue weighted by Gasteiger charge is -2.25. The molecule has 1 aliphatic heterocycles. The van der Waals surface area contributed by atoms with Gasteiger partial charge in [0.2, 0.25) is 0 Å². The number of aliphatic carboxylic acids is 1. The summed E-state index contributed by atoms with van der Waals surface area (Å²) < 4.78 is 17.8. The van der Waals surface area contributed by atoms with E-state index in [1.54, 1.807) is 0 Å². The summed E-state index contributed by atoms with van der Waals surface area (Å²) in [5.41, 5.74) is -1.14. The van der Waals surface area contributed by atoms with Crippen LogP contribution in [0.15, 0.2) is 18.3 Å². The average molecular weight is 268 g/mol. The van der Waals surface area contributed by atoms with Crippen molar-refractivity contribution in [2.24, 2.45) is 5.41 Å². The standard InChI is InChI=1S/C12H13FN2O4/c1-12(11(17)18)6-19-5-9(12)15-10(16)8-3-2-7(13)4-14-8/h2-4,9H,5-6H2,1H3,(H,15,16)(H,17,18). The number of amides is 1. The highest BCUT2D eigenvalue weighted by Gasteiger charge is 2.47. The molecule has 19 heavy (non-hydrogen) atoms. The van der Waals surface area contributed by atoms with Gasteiger partial charge in [0, 0.05) is 0 Å². The number of hydrogen-bond acceptors (Lipinski definition) is 4. The Kier molecular flexibility index (Phi) is 3.48. The van der Waals surface area contributed by atoms with Crippen LogP contribution in [0.2, 0.25) is 0 Å². The molecule has 6 nitrogen and oxygen atoms in total. The number of nitrogens with zero attached hydrogens (tertiary/aromatic N) is 1. The van der Waals surface area contributed by atoms with Crippen LogP contribution in [0.5, 0.6) is 0 Å². The molecule has 7 heteroatoms. The molecule has 2 rings (SSSR count). The van der Waals surface area contributed by atoms with Crippen LogP contribution in [0.1, 0.15) is 17.4 Å². The average Bonchev–Trinajstić information content (AvgIpc) is 2.73. The molecule has 2 N–H and O–H groups in total. The van der Waals surface area contributed by atoms with Crippen molar-refractivity contribution in [2.45, 2.75) is 13.0 Å². The van der Waals surface area contributed by atoms with E-state index in [0.717, 1.165) is 12.3 Å². The first-order chi connectivity index (χ1) is 8.93. The van der Waals surface area contributed by atoms with Crippen molar-refractivity contribution < 1.29 is 23.8 Å². The van der Waals surface area contributed by atoms with E-state index in [2.05, 4.69) is 10.3 Å². The molecular formula is C12H13FN2O4. The molecule has 0 aliphatic carbocycles. The molecule has 1 fully saturated rings. The lowest BCUT2D eigenvalue weighted by atomic mass is 9.85. The van der Waals surface area contributed by atoms with Crippen molar-refractivity contribution in [2.75, 3.05) is 13.2 Å². The largest absolute Gasteiger partial charge is 0.481 e. The minimum Gasteiger partial charge on any atom is -0.481 e. The highest BCUT2D eigenvalue weighted by Crippen LogP contribution is 2.28. The minimum atomic E-state index is -1.17. The van der Waals surface area contributed by atoms with Crippen LogP contribution in [-0.4, -0.2) is 41.2 Å². The van der Waals surface area contributed by atoms with Gasteiger partial charge in [0.1, 0.15) is 16.9 Å². The van der Waals surface area contributed by atoms with E-state index in [4.69, 9.17) is 9.84 Å². The lowest BCUT2D eigenvalue weighted by molar-refractivity contribution is -0.148. The number of carbonyl (C=O) groups excluding carboxylic acids is 1. The third-order valence-electron chi connectivity index (χ3n) is 3.21. The van der Waals surface area contributed by atoms with Gasteiger partial charge >= 0.3 is 5.97 Å². The number of carboxylic acids is 1. The Labute approximate surface area is 108 Å². The number of halogens is 1. The maximum absolute atomic E-state index is 12.7. The Morgan fingerprint density at radius 3 is 2.89 bits per heavy atom. The molecule has 2 atom stereocenters. The summed E-state index contributed by atoms with van der Waals surface area (Å²) in [6.07, 6.45) is 0.927. The van der Waals surface area contributed by atoms with Gasteiger partial charge in [-0.3, -0.25) is 9.59 Å². The number of pyridine rings is 1. The molecule has 2 heterocycles. The number of nitrogens with one attached hydrogen (secondary N) is 1. The van der Waals surface area contributed by atoms with Gasteiger partial charge in [-0.05, 0) is 19.1 Å². The lowest BCUT2D eigenvalue weighted by Crippen LogP contribution is -2.49. The third-order valence-corrected chi connectivity index (χ3v) is 3.21. The van der Waals surface area contributed by atoms with Gasteiger partial charge in [-0.1, -0.05) is 0 Å². The van der Waals surface area contributed by atoms with E-state index in [1.807, 2.05) is 0 Å². The Balaban J connectivity index is 2.10. The Hall–Kier alpha value is -2.02. The van der Waals surface area contributed by atoms with Crippen molar-refractivity contribution in [1.29, 1.82) is 0 Å². The number of hydrogen-bond donors (Lipinski definition) is 2. The predicted molar refractivity (Wildman–Crippen MR) is 62.0 cm³/mol. The molecule has 0 radical (unpaired) electrons. The summed E-state index contributed by atoms with van der Waals surface area (Å²) in [6.45, 7) is 1.66. The minimum absolute atomic E-state index is 0.0287. The van der Waals surface area contributed by atoms with Gasteiger partial charge in [0.05, 0.1) is 25.5 Å². The third kappa shape index (κ3) is 2.55. The zero-order chi connectivity index (χ0) is 14.0. The fourth-order valence-electron chi connectivity index (χ4n) is 1.83. The molecule has 1 amide bonds. The molecule has 1 saturated heterocycles. The molecule has 1 aliphatic rings. The van der Waals surface area contributed by atoms with E-state index in [-0.39, 0.29) is 18.9 Å². The van der Waals surface area contributed by atoms with Gasteiger partial charge in [-0.2, -0.15) is 0 Å². The number of ether oxygens (including phenoxy) is 1. The van der Waals surface area contributed by atoms with Gasteiger partial charge in [-0.15, -0.1) is 0 Å². The van der Waals surface area contributed by atoms with Crippen molar-refractivity contribution >= 4 is 11.9 Å². The summed E-state index contributed by atoms with van der Waals surface area (Å²) in [6, 6.07) is 1.70. The summed E-state index contributed by atoms with van der Waals surface area (Å²) >= 11 is 0. The normalized spacial score (nSPS) is 26.1. The van der Waals surface area contributed by atoms with E-state index in [1.165, 1.54) is 13.0 Å². The predicted octanol–water partition coefficient (Wildman–Crippen LogP) is 0.440. The van der Waals surface area contributed by atoms with Crippen molar-refractivity contribution in [3.05, 3.63) is 29.8 Å². The Bertz CT molecular complexity index is 505. The van der Waals surface area contributed by atoms with Crippen LogP contribution in [-0.2, 0) is 9.53 Å². The fraction of sp³-hybridized carbons (Fsp3) is 0.417. The molecule has 1 aromatic heterocycles. The molecule has 102 valence electrons. The molecule has 0 spiro atoms. The second kappa shape index (κ2) is 4.93. The number of aromatic nitrogens is 1. The zero-order valence-corrected chi connectivity index (χ0v) is 10.2. The zero-order valence-electron chi connectivity index (χ0n) is 10.2. The van der Waals surface area contributed by atoms with Crippen LogP contribution in [0.3, 0.4) is 0 Å². The maximum Gasteiger partial charge on any atom is 0.313 e. The van der Waals surface area contributed by atoms with Crippen LogP contribution >= 0.6 is 0 Å². The van der Waals surface area contributed by atoms with Crippen molar-refractivity contribution in [3.63, 3.8) is 0 Å². The summed E-state index contributed by atoms with van der Waals surface area (Å²) in [5.74, 6) is -2.14. The Morgan fingerprint density at radius 2 is 2.32 bits per heavy atom. The Morgan fingerprint density at radius 1 is 1.58 bits per heavy atom. The van der Waals surface area contributed by atoms with E-state index >= 15 is 0 Å². The highest BCUT2D eigenvalue weighted by molar-refractivity contribution is 5.93. The quantitative estimate of drug-likeness (QED) is 0.830. The summed E-state index contributed by atoms with van der Waals surface area (Å²) in [7, 11) is 0. The van der Waals surface area contributed by atoms with E-state index in [9.17, 15) is 14.0 Å². The van der Waals surface area contributed by atoms with Gasteiger partial charge < -0.3 is 15.2 Å². The van der Waals surface area contributed by atoms with Gasteiger partial charge in [-0.25, -0.2) is 9.37 Å². The van der Waals surface area contributed by atoms with Crippen LogP contribution in [0.4, 0.5) is 4.39 Å². The molecule has 1 aromatic rings. The second-order valence-corrected chi connectivity index (χ2v) is 4.63. The monoisotopic (exact) mass is 268 g/mol. The number of carbonyl (C=O) groups is 2. The first-order valence-corrected chi connectivity index (χ1v) is 5.67. The topological polar surface area (TPSA) is 88.5 Å². The first kappa shape index (κ1) is 13.4. The van der Waals surface area contributed by atoms with Crippen LogP contribution in [0, 0.1) is 11.2 Å². The summed E-state index contributed by atoms with van der Waals surface area (Å²) in [5, 5.41) is 11.7. The molecule has 0 bridgehead atoms. The second-order valence-electron chi connectivity index (χ2n) is 4.63. The fourth-order valence-corrected chi connectivity index (χ4v) is 1.83. The summed E-state index contributed by atoms with van der Waals surface area (Å²) in [4.78, 5) is 26.7. The van der Waals surface area contributed by atoms with Gasteiger partial charge in [0.15, 0.2) is 0 Å². The van der Waals surface area contributed by atoms with Crippen molar-refractivity contribution in [3.8, 4) is 0 Å². The van der Waals surface area contributed by atoms with Gasteiger partial charge in [0.25, 0.3) is 5.91 Å². The maximum atomic E-state index is 12.7. The molecule has 0 aromatic carbocycles. The van der Waals surface area contributed by atoms with Crippen molar-refractivity contribution in [1.82, 2.24) is 10.3 Å². The first-order valence-electron chi connectivity index (χ1n) is 5.67. The van der Waals surface area contributed by atoms with Crippen LogP contribution < -0.4 is 5.32 Å². The van der Waals surface area contributed by atoms with E-state index < -0.39 is 29.2 Å². The smallest absolute Gasteiger partial charge is 0.313 e. The van der Waals surface area contributed by atoms with Crippen LogP contribution in [0.25, 0.3) is 0 Å².